The van der Waals surface area contributed by atoms with Crippen LogP contribution in [-0.4, -0.2) is 9.13 Å². The number of benzene rings is 11. The molecule has 0 saturated carbocycles. The highest BCUT2D eigenvalue weighted by Crippen LogP contribution is 2.46. The third-order valence-electron chi connectivity index (χ3n) is 16.0. The highest BCUT2D eigenvalue weighted by molar-refractivity contribution is 6.21. The first kappa shape index (κ1) is 43.3. The Labute approximate surface area is 443 Å². The summed E-state index contributed by atoms with van der Waals surface area (Å²) >= 11 is 0. The number of nitrogens with zero attached hydrogens (tertiary/aromatic N) is 2. The first-order valence-electron chi connectivity index (χ1n) is 26.5. The fourth-order valence-corrected chi connectivity index (χ4v) is 12.7. The highest BCUT2D eigenvalue weighted by Gasteiger charge is 2.24. The Morgan fingerprint density at radius 3 is 1.39 bits per heavy atom. The molecular formula is C73H46N2O2. The summed E-state index contributed by atoms with van der Waals surface area (Å²) in [6, 6.07) is 88.0. The van der Waals surface area contributed by atoms with Crippen LogP contribution >= 0.6 is 0 Å². The van der Waals surface area contributed by atoms with Gasteiger partial charge < -0.3 is 18.0 Å². The molecule has 15 aromatic rings. The van der Waals surface area contributed by atoms with E-state index in [1.165, 1.54) is 60.8 Å². The van der Waals surface area contributed by atoms with E-state index < -0.39 is 0 Å². The Hall–Kier alpha value is -10.2. The number of aromatic nitrogens is 2. The Morgan fingerprint density at radius 1 is 0.299 bits per heavy atom. The van der Waals surface area contributed by atoms with Gasteiger partial charge in [0.25, 0.3) is 0 Å². The minimum Gasteiger partial charge on any atom is -0.456 e. The van der Waals surface area contributed by atoms with Crippen LogP contribution in [0, 0.1) is 0 Å². The largest absolute Gasteiger partial charge is 0.456 e. The normalized spacial score (nSPS) is 12.5. The Balaban J connectivity index is 0.852. The molecule has 360 valence electrons. The third-order valence-corrected chi connectivity index (χ3v) is 16.0. The molecule has 0 amide bonds. The van der Waals surface area contributed by atoms with Gasteiger partial charge in [0.1, 0.15) is 22.3 Å². The Bertz CT molecular complexity index is 4960. The van der Waals surface area contributed by atoms with E-state index in [1.54, 1.807) is 0 Å². The minimum absolute atomic E-state index is 0.821. The van der Waals surface area contributed by atoms with E-state index >= 15 is 0 Å². The lowest BCUT2D eigenvalue weighted by Gasteiger charge is -2.15. The molecule has 1 aliphatic carbocycles. The van der Waals surface area contributed by atoms with Gasteiger partial charge in [-0.05, 0) is 159 Å². The van der Waals surface area contributed by atoms with Gasteiger partial charge in [-0.2, -0.15) is 0 Å². The van der Waals surface area contributed by atoms with Crippen LogP contribution in [0.1, 0.15) is 11.3 Å². The highest BCUT2D eigenvalue weighted by atomic mass is 16.3. The van der Waals surface area contributed by atoms with Crippen LogP contribution in [0.4, 0.5) is 0 Å². The van der Waals surface area contributed by atoms with E-state index in [9.17, 15) is 0 Å². The van der Waals surface area contributed by atoms with Crippen molar-refractivity contribution in [3.8, 4) is 67.0 Å². The summed E-state index contributed by atoms with van der Waals surface area (Å²) < 4.78 is 17.7. The summed E-state index contributed by atoms with van der Waals surface area (Å²) in [5.74, 6) is 0. The van der Waals surface area contributed by atoms with Crippen LogP contribution < -0.4 is 0 Å². The summed E-state index contributed by atoms with van der Waals surface area (Å²) in [5.41, 5.74) is 23.5. The Morgan fingerprint density at radius 2 is 0.753 bits per heavy atom. The lowest BCUT2D eigenvalue weighted by Crippen LogP contribution is -1.98. The Kier molecular flexibility index (Phi) is 9.67. The molecule has 16 rings (SSSR count). The monoisotopic (exact) mass is 982 g/mol. The quantitative estimate of drug-likeness (QED) is 0.160. The van der Waals surface area contributed by atoms with E-state index in [4.69, 9.17) is 8.83 Å². The smallest absolute Gasteiger partial charge is 0.136 e. The summed E-state index contributed by atoms with van der Waals surface area (Å²) in [6.07, 6.45) is 9.74. The maximum atomic E-state index is 6.42. The summed E-state index contributed by atoms with van der Waals surface area (Å²) in [7, 11) is 0. The van der Waals surface area contributed by atoms with Gasteiger partial charge in [-0.15, -0.1) is 0 Å². The molecular weight excluding hydrogens is 937 g/mol. The van der Waals surface area contributed by atoms with Crippen molar-refractivity contribution in [3.63, 3.8) is 0 Å². The van der Waals surface area contributed by atoms with Crippen molar-refractivity contribution < 1.29 is 8.83 Å². The lowest BCUT2D eigenvalue weighted by molar-refractivity contribution is 0.668. The summed E-state index contributed by atoms with van der Waals surface area (Å²) in [6.45, 7) is 0. The molecule has 0 radical (unpaired) electrons. The summed E-state index contributed by atoms with van der Waals surface area (Å²) in [5, 5.41) is 8.24. The molecule has 0 fully saturated rings. The maximum Gasteiger partial charge on any atom is 0.136 e. The van der Waals surface area contributed by atoms with Gasteiger partial charge in [0.05, 0.1) is 22.2 Å². The third kappa shape index (κ3) is 6.79. The van der Waals surface area contributed by atoms with E-state index in [-0.39, 0.29) is 0 Å². The van der Waals surface area contributed by atoms with Crippen molar-refractivity contribution in [2.45, 2.75) is 6.42 Å². The van der Waals surface area contributed by atoms with Crippen molar-refractivity contribution >= 4 is 82.7 Å². The number of furan rings is 2. The van der Waals surface area contributed by atoms with Crippen molar-refractivity contribution in [3.05, 3.63) is 272 Å². The van der Waals surface area contributed by atoms with Crippen molar-refractivity contribution in [1.82, 2.24) is 9.13 Å². The van der Waals surface area contributed by atoms with Gasteiger partial charge in [0.15, 0.2) is 0 Å². The molecule has 0 saturated heterocycles. The minimum atomic E-state index is 0.821. The predicted octanol–water partition coefficient (Wildman–Crippen LogP) is 20.0. The topological polar surface area (TPSA) is 36.1 Å². The molecule has 0 atom stereocenters. The molecule has 4 heterocycles. The second kappa shape index (κ2) is 17.2. The molecule has 4 heteroatoms. The molecule has 4 aromatic heterocycles. The number of rotatable bonds is 7. The zero-order chi connectivity index (χ0) is 50.6. The van der Waals surface area contributed by atoms with E-state index in [0.717, 1.165) is 101 Å². The summed E-state index contributed by atoms with van der Waals surface area (Å²) in [4.78, 5) is 0. The van der Waals surface area contributed by atoms with Crippen LogP contribution in [0.3, 0.4) is 0 Å². The fourth-order valence-electron chi connectivity index (χ4n) is 12.7. The van der Waals surface area contributed by atoms with Gasteiger partial charge in [-0.25, -0.2) is 0 Å². The van der Waals surface area contributed by atoms with Crippen molar-refractivity contribution in [2.24, 2.45) is 0 Å². The number of fused-ring (bicyclic) bond motifs is 12. The SMILES string of the molecule is C1=CCc2c(n(-c3cccc(-c4cc(-c5ccccc5)cc(-c5cccc(-n6c7ccccc7c7c(-c8cccc9oc%10ccccc%10c89)cccc76)c5)c4)c3)c3cccc(-c4cccc5oc6ccccc6c45)c23)C=C1. The maximum absolute atomic E-state index is 6.42. The number of allylic oxidation sites excluding steroid dienone is 3. The van der Waals surface area contributed by atoms with Crippen LogP contribution in [0.15, 0.2) is 270 Å². The average molecular weight is 983 g/mol. The molecule has 77 heavy (non-hydrogen) atoms. The van der Waals surface area contributed by atoms with Gasteiger partial charge in [-0.1, -0.05) is 176 Å². The molecule has 1 aliphatic rings. The van der Waals surface area contributed by atoms with Crippen LogP contribution in [0.2, 0.25) is 0 Å². The van der Waals surface area contributed by atoms with Crippen LogP contribution in [0.5, 0.6) is 0 Å². The molecule has 0 bridgehead atoms. The van der Waals surface area contributed by atoms with Crippen LogP contribution in [0.25, 0.3) is 150 Å². The van der Waals surface area contributed by atoms with Gasteiger partial charge in [0, 0.05) is 49.1 Å². The van der Waals surface area contributed by atoms with E-state index in [0.29, 0.717) is 0 Å². The number of hydrogen-bond acceptors (Lipinski definition) is 2. The average Bonchev–Trinajstić information content (AvgIpc) is 4.30. The van der Waals surface area contributed by atoms with E-state index in [1.807, 2.05) is 12.1 Å². The lowest BCUT2D eigenvalue weighted by atomic mass is 9.93. The van der Waals surface area contributed by atoms with Crippen molar-refractivity contribution in [2.75, 3.05) is 0 Å². The van der Waals surface area contributed by atoms with E-state index in [2.05, 4.69) is 264 Å². The predicted molar refractivity (Wildman–Crippen MR) is 321 cm³/mol. The van der Waals surface area contributed by atoms with Gasteiger partial charge >= 0.3 is 0 Å². The number of para-hydroxylation sites is 3. The molecule has 0 N–H and O–H groups in total. The molecule has 11 aromatic carbocycles. The number of hydrogen-bond donors (Lipinski definition) is 0. The standard InChI is InChI=1S/C73H46N2O2/c1-3-19-46(20-4-1)49-41-50(47-21-13-23-52(44-47)74-62-33-6-2-5-25-58(62)70-54(29-15-35-64(70)74)56-31-17-39-68-72(56)60-27-8-11-37-66(60)76-68)43-51(42-49)48-22-14-24-53(45-48)75-63-34-10-7-26-59(63)71-55(30-16-36-65(71)75)57-32-18-40-69-73(57)61-28-9-12-38-67(61)77-69/h1-24,26-45H,25H2. The zero-order valence-corrected chi connectivity index (χ0v) is 41.8. The second-order valence-electron chi connectivity index (χ2n) is 20.3. The van der Waals surface area contributed by atoms with Crippen LogP contribution in [-0.2, 0) is 6.42 Å². The van der Waals surface area contributed by atoms with Crippen molar-refractivity contribution in [1.29, 1.82) is 0 Å². The first-order valence-corrected chi connectivity index (χ1v) is 26.5. The molecule has 0 aliphatic heterocycles. The molecule has 0 unspecified atom stereocenters. The van der Waals surface area contributed by atoms with Gasteiger partial charge in [0.2, 0.25) is 0 Å². The zero-order valence-electron chi connectivity index (χ0n) is 41.8. The second-order valence-corrected chi connectivity index (χ2v) is 20.3. The fraction of sp³-hybridized carbons (Fsp3) is 0.0137. The molecule has 0 spiro atoms. The molecule has 4 nitrogen and oxygen atoms in total. The first-order chi connectivity index (χ1) is 38.2. The van der Waals surface area contributed by atoms with Gasteiger partial charge in [-0.3, -0.25) is 0 Å².